The molecule has 3 aromatic rings. The number of rotatable bonds is 7. The number of hydrogen-bond donors (Lipinski definition) is 1. The van der Waals surface area contributed by atoms with Crippen molar-refractivity contribution in [3.8, 4) is 5.75 Å². The van der Waals surface area contributed by atoms with Gasteiger partial charge in [0.1, 0.15) is 12.3 Å². The van der Waals surface area contributed by atoms with Crippen LogP contribution in [0.5, 0.6) is 5.75 Å². The van der Waals surface area contributed by atoms with Crippen molar-refractivity contribution in [3.63, 3.8) is 0 Å². The van der Waals surface area contributed by atoms with Gasteiger partial charge in [-0.1, -0.05) is 55.5 Å². The Hall–Kier alpha value is -3.58. The smallest absolute Gasteiger partial charge is 0.294 e. The second-order valence-corrected chi connectivity index (χ2v) is 8.25. The monoisotopic (exact) mass is 446 g/mol. The summed E-state index contributed by atoms with van der Waals surface area (Å²) in [6.45, 7) is 2.33. The van der Waals surface area contributed by atoms with Crippen molar-refractivity contribution in [1.29, 1.82) is 0 Å². The standard InChI is InChI=1S/C25H22N2O4S/c1-2-14-31-19-12-10-17(11-13-19)15-22-24(29)27(25(30)32-22)16-23(28)26-21-9-5-7-18-6-3-4-8-20(18)21/h3-13,15H,2,14,16H2,1H3,(H,26,28)/b22-15-. The van der Waals surface area contributed by atoms with E-state index < -0.39 is 17.1 Å². The summed E-state index contributed by atoms with van der Waals surface area (Å²) in [6, 6.07) is 20.6. The summed E-state index contributed by atoms with van der Waals surface area (Å²) in [4.78, 5) is 39.0. The Balaban J connectivity index is 1.43. The molecule has 1 N–H and O–H groups in total. The van der Waals surface area contributed by atoms with Gasteiger partial charge >= 0.3 is 0 Å². The van der Waals surface area contributed by atoms with Crippen LogP contribution in [0.1, 0.15) is 18.9 Å². The molecular formula is C25H22N2O4S. The molecule has 0 radical (unpaired) electrons. The van der Waals surface area contributed by atoms with E-state index in [1.807, 2.05) is 67.6 Å². The Labute approximate surface area is 190 Å². The molecule has 7 heteroatoms. The van der Waals surface area contributed by atoms with Crippen molar-refractivity contribution in [2.75, 3.05) is 18.5 Å². The minimum absolute atomic E-state index is 0.287. The van der Waals surface area contributed by atoms with E-state index in [0.29, 0.717) is 12.3 Å². The molecule has 3 amide bonds. The van der Waals surface area contributed by atoms with E-state index in [9.17, 15) is 14.4 Å². The Bertz CT molecular complexity index is 1200. The first-order valence-corrected chi connectivity index (χ1v) is 11.1. The lowest BCUT2D eigenvalue weighted by Crippen LogP contribution is -2.36. The topological polar surface area (TPSA) is 75.7 Å². The average Bonchev–Trinajstić information content (AvgIpc) is 3.06. The van der Waals surface area contributed by atoms with Gasteiger partial charge in [0.05, 0.1) is 11.5 Å². The first-order chi connectivity index (χ1) is 15.5. The molecule has 6 nitrogen and oxygen atoms in total. The number of carbonyl (C=O) groups excluding carboxylic acids is 3. The molecule has 0 aromatic heterocycles. The normalized spacial score (nSPS) is 14.9. The fourth-order valence-electron chi connectivity index (χ4n) is 3.34. The summed E-state index contributed by atoms with van der Waals surface area (Å²) in [5, 5.41) is 4.24. The van der Waals surface area contributed by atoms with E-state index in [1.54, 1.807) is 12.1 Å². The minimum atomic E-state index is -0.473. The maximum atomic E-state index is 12.7. The molecule has 0 atom stereocenters. The minimum Gasteiger partial charge on any atom is -0.494 e. The van der Waals surface area contributed by atoms with Crippen LogP contribution in [-0.2, 0) is 9.59 Å². The highest BCUT2D eigenvalue weighted by Crippen LogP contribution is 2.32. The largest absolute Gasteiger partial charge is 0.494 e. The zero-order valence-corrected chi connectivity index (χ0v) is 18.4. The third kappa shape index (κ3) is 4.84. The molecule has 0 spiro atoms. The van der Waals surface area contributed by atoms with E-state index in [2.05, 4.69) is 5.32 Å². The summed E-state index contributed by atoms with van der Waals surface area (Å²) >= 11 is 0.833. The molecule has 1 fully saturated rings. The molecule has 1 saturated heterocycles. The number of imide groups is 1. The second-order valence-electron chi connectivity index (χ2n) is 7.26. The van der Waals surface area contributed by atoms with E-state index in [0.717, 1.165) is 45.2 Å². The third-order valence-electron chi connectivity index (χ3n) is 4.89. The number of fused-ring (bicyclic) bond motifs is 1. The van der Waals surface area contributed by atoms with E-state index in [1.165, 1.54) is 0 Å². The maximum Gasteiger partial charge on any atom is 0.294 e. The number of nitrogens with one attached hydrogen (secondary N) is 1. The molecule has 0 saturated carbocycles. The molecule has 0 bridgehead atoms. The van der Waals surface area contributed by atoms with Crippen molar-refractivity contribution in [2.45, 2.75) is 13.3 Å². The van der Waals surface area contributed by atoms with Crippen molar-refractivity contribution in [2.24, 2.45) is 0 Å². The van der Waals surface area contributed by atoms with Gasteiger partial charge in [-0.2, -0.15) is 0 Å². The Morgan fingerprint density at radius 2 is 1.78 bits per heavy atom. The summed E-state index contributed by atoms with van der Waals surface area (Å²) < 4.78 is 5.56. The highest BCUT2D eigenvalue weighted by atomic mass is 32.2. The summed E-state index contributed by atoms with van der Waals surface area (Å²) in [7, 11) is 0. The molecule has 32 heavy (non-hydrogen) atoms. The lowest BCUT2D eigenvalue weighted by Gasteiger charge is -2.13. The molecule has 4 rings (SSSR count). The predicted octanol–water partition coefficient (Wildman–Crippen LogP) is 5.30. The van der Waals surface area contributed by atoms with Crippen LogP contribution in [0.15, 0.2) is 71.6 Å². The number of thioether (sulfide) groups is 1. The van der Waals surface area contributed by atoms with Crippen LogP contribution in [0.4, 0.5) is 10.5 Å². The average molecular weight is 447 g/mol. The Morgan fingerprint density at radius 1 is 1.03 bits per heavy atom. The highest BCUT2D eigenvalue weighted by molar-refractivity contribution is 8.18. The molecule has 0 unspecified atom stereocenters. The quantitative estimate of drug-likeness (QED) is 0.498. The number of anilines is 1. The molecule has 1 aliphatic rings. The van der Waals surface area contributed by atoms with Crippen LogP contribution >= 0.6 is 11.8 Å². The van der Waals surface area contributed by atoms with Gasteiger partial charge in [0.2, 0.25) is 5.91 Å². The van der Waals surface area contributed by atoms with Crippen molar-refractivity contribution in [1.82, 2.24) is 4.90 Å². The number of ether oxygens (including phenoxy) is 1. The first-order valence-electron chi connectivity index (χ1n) is 10.3. The molecule has 1 aliphatic heterocycles. The summed E-state index contributed by atoms with van der Waals surface area (Å²) in [6.07, 6.45) is 2.57. The SMILES string of the molecule is CCCOc1ccc(/C=C2\SC(=O)N(CC(=O)Nc3cccc4ccccc34)C2=O)cc1. The summed E-state index contributed by atoms with van der Waals surface area (Å²) in [5.74, 6) is -0.149. The number of benzene rings is 3. The van der Waals surface area contributed by atoms with Gasteiger partial charge in [0, 0.05) is 11.1 Å². The zero-order chi connectivity index (χ0) is 22.5. The molecule has 1 heterocycles. The van der Waals surface area contributed by atoms with E-state index in [-0.39, 0.29) is 11.4 Å². The zero-order valence-electron chi connectivity index (χ0n) is 17.5. The Morgan fingerprint density at radius 3 is 2.56 bits per heavy atom. The number of carbonyl (C=O) groups is 3. The summed E-state index contributed by atoms with van der Waals surface area (Å²) in [5.41, 5.74) is 1.42. The molecule has 162 valence electrons. The van der Waals surface area contributed by atoms with Crippen molar-refractivity contribution < 1.29 is 19.1 Å². The van der Waals surface area contributed by atoms with Crippen LogP contribution < -0.4 is 10.1 Å². The van der Waals surface area contributed by atoms with Crippen molar-refractivity contribution in [3.05, 3.63) is 77.2 Å². The van der Waals surface area contributed by atoms with Crippen LogP contribution in [0, 0.1) is 0 Å². The molecule has 3 aromatic carbocycles. The van der Waals surface area contributed by atoms with Gasteiger partial charge in [-0.05, 0) is 53.4 Å². The molecular weight excluding hydrogens is 424 g/mol. The Kier molecular flexibility index (Phi) is 6.56. The van der Waals surface area contributed by atoms with Crippen LogP contribution in [-0.4, -0.2) is 35.1 Å². The number of nitrogens with zero attached hydrogens (tertiary/aromatic N) is 1. The van der Waals surface area contributed by atoms with Crippen molar-refractivity contribution >= 4 is 51.4 Å². The van der Waals surface area contributed by atoms with E-state index >= 15 is 0 Å². The lowest BCUT2D eigenvalue weighted by molar-refractivity contribution is -0.127. The van der Waals surface area contributed by atoms with Gasteiger partial charge in [-0.3, -0.25) is 19.3 Å². The third-order valence-corrected chi connectivity index (χ3v) is 5.80. The lowest BCUT2D eigenvalue weighted by atomic mass is 10.1. The molecule has 0 aliphatic carbocycles. The first kappa shape index (κ1) is 21.6. The van der Waals surface area contributed by atoms with Gasteiger partial charge in [-0.15, -0.1) is 0 Å². The fourth-order valence-corrected chi connectivity index (χ4v) is 4.17. The second kappa shape index (κ2) is 9.70. The predicted molar refractivity (Wildman–Crippen MR) is 127 cm³/mol. The highest BCUT2D eigenvalue weighted by Gasteiger charge is 2.36. The van der Waals surface area contributed by atoms with Gasteiger partial charge in [-0.25, -0.2) is 0 Å². The van der Waals surface area contributed by atoms with Gasteiger partial charge in [0.15, 0.2) is 0 Å². The van der Waals surface area contributed by atoms with Gasteiger partial charge < -0.3 is 10.1 Å². The number of amides is 3. The maximum absolute atomic E-state index is 12.7. The van der Waals surface area contributed by atoms with Crippen LogP contribution in [0.3, 0.4) is 0 Å². The van der Waals surface area contributed by atoms with Crippen LogP contribution in [0.25, 0.3) is 16.8 Å². The fraction of sp³-hybridized carbons (Fsp3) is 0.160. The van der Waals surface area contributed by atoms with E-state index in [4.69, 9.17) is 4.74 Å². The number of hydrogen-bond acceptors (Lipinski definition) is 5. The van der Waals surface area contributed by atoms with Crippen LogP contribution in [0.2, 0.25) is 0 Å². The van der Waals surface area contributed by atoms with Gasteiger partial charge in [0.25, 0.3) is 11.1 Å².